The third-order valence-electron chi connectivity index (χ3n) is 4.67. The van der Waals surface area contributed by atoms with Gasteiger partial charge in [0.1, 0.15) is 12.0 Å². The van der Waals surface area contributed by atoms with Gasteiger partial charge in [-0.15, -0.1) is 5.10 Å². The Morgan fingerprint density at radius 3 is 2.81 bits per heavy atom. The molecule has 146 valence electrons. The van der Waals surface area contributed by atoms with Gasteiger partial charge in [0.2, 0.25) is 5.95 Å². The molecule has 8 heteroatoms. The van der Waals surface area contributed by atoms with E-state index in [1.807, 2.05) is 37.5 Å². The van der Waals surface area contributed by atoms with Crippen molar-refractivity contribution in [3.63, 3.8) is 0 Å². The first-order valence-electron chi connectivity index (χ1n) is 9.57. The molecule has 3 N–H and O–H groups in total. The van der Waals surface area contributed by atoms with Crippen molar-refractivity contribution in [1.29, 1.82) is 0 Å². The van der Waals surface area contributed by atoms with Crippen LogP contribution in [0.25, 0.3) is 11.2 Å². The number of piperidine rings is 1. The maximum absolute atomic E-state index is 5.97. The molecule has 1 fully saturated rings. The Kier molecular flexibility index (Phi) is 6.28. The molecule has 1 atom stereocenters. The van der Waals surface area contributed by atoms with Crippen LogP contribution in [0.2, 0.25) is 0 Å². The predicted molar refractivity (Wildman–Crippen MR) is 110 cm³/mol. The fourth-order valence-corrected chi connectivity index (χ4v) is 3.35. The van der Waals surface area contributed by atoms with Crippen molar-refractivity contribution in [3.05, 3.63) is 23.9 Å². The lowest BCUT2D eigenvalue weighted by Crippen LogP contribution is -2.32. The molecule has 8 nitrogen and oxygen atoms in total. The highest BCUT2D eigenvalue weighted by atomic mass is 16.5. The Balaban J connectivity index is 2.07. The molecule has 0 radical (unpaired) electrons. The lowest BCUT2D eigenvalue weighted by Gasteiger charge is -2.30. The van der Waals surface area contributed by atoms with Crippen molar-refractivity contribution in [2.45, 2.75) is 39.3 Å². The number of fused-ring (bicyclic) bond motifs is 1. The number of aliphatic imine (C=N–C) groups is 1. The molecular formula is C19H29N7O. The summed E-state index contributed by atoms with van der Waals surface area (Å²) in [5, 5.41) is 7.64. The predicted octanol–water partition coefficient (Wildman–Crippen LogP) is 2.51. The van der Waals surface area contributed by atoms with Crippen molar-refractivity contribution in [3.8, 4) is 0 Å². The molecule has 0 aromatic carbocycles. The SMILES string of the molecule is CCOC(C)N=CC(=CN)c1ccc2nc(NC)nn2c1N1CCCCC1. The van der Waals surface area contributed by atoms with Crippen LogP contribution in [0, 0.1) is 0 Å². The molecule has 0 bridgehead atoms. The number of anilines is 2. The maximum Gasteiger partial charge on any atom is 0.242 e. The fraction of sp³-hybridized carbons (Fsp3) is 0.526. The molecule has 3 rings (SSSR count). The Labute approximate surface area is 160 Å². The molecule has 1 saturated heterocycles. The molecule has 0 amide bonds. The normalized spacial score (nSPS) is 17.0. The summed E-state index contributed by atoms with van der Waals surface area (Å²) in [5.74, 6) is 1.61. The van der Waals surface area contributed by atoms with E-state index in [2.05, 4.69) is 25.3 Å². The van der Waals surface area contributed by atoms with E-state index >= 15 is 0 Å². The maximum atomic E-state index is 5.97. The Morgan fingerprint density at radius 2 is 2.15 bits per heavy atom. The van der Waals surface area contributed by atoms with Gasteiger partial charge in [0.05, 0.1) is 0 Å². The van der Waals surface area contributed by atoms with Crippen LogP contribution in [-0.2, 0) is 4.74 Å². The molecule has 1 unspecified atom stereocenters. The Bertz CT molecular complexity index is 821. The Morgan fingerprint density at radius 1 is 1.37 bits per heavy atom. The van der Waals surface area contributed by atoms with Crippen molar-refractivity contribution in [1.82, 2.24) is 14.6 Å². The number of hydrogen-bond acceptors (Lipinski definition) is 7. The summed E-state index contributed by atoms with van der Waals surface area (Å²) in [7, 11) is 1.82. The second kappa shape index (κ2) is 8.85. The quantitative estimate of drug-likeness (QED) is 0.727. The molecule has 2 aromatic rings. The van der Waals surface area contributed by atoms with E-state index in [-0.39, 0.29) is 6.23 Å². The lowest BCUT2D eigenvalue weighted by atomic mass is 10.1. The highest BCUT2D eigenvalue weighted by molar-refractivity contribution is 6.11. The topological polar surface area (TPSA) is 93.1 Å². The van der Waals surface area contributed by atoms with Crippen LogP contribution in [-0.4, -0.2) is 53.8 Å². The molecule has 1 aliphatic heterocycles. The Hall–Kier alpha value is -2.61. The van der Waals surface area contributed by atoms with Crippen molar-refractivity contribution >= 4 is 29.2 Å². The number of pyridine rings is 1. The zero-order valence-corrected chi connectivity index (χ0v) is 16.4. The van der Waals surface area contributed by atoms with Gasteiger partial charge in [0.15, 0.2) is 5.65 Å². The number of hydrogen-bond donors (Lipinski definition) is 2. The first-order chi connectivity index (χ1) is 13.2. The second-order valence-electron chi connectivity index (χ2n) is 6.53. The van der Waals surface area contributed by atoms with E-state index in [1.165, 1.54) is 19.3 Å². The summed E-state index contributed by atoms with van der Waals surface area (Å²) < 4.78 is 7.39. The largest absolute Gasteiger partial charge is 0.404 e. The molecule has 2 aromatic heterocycles. The minimum absolute atomic E-state index is 0.214. The van der Waals surface area contributed by atoms with Gasteiger partial charge in [-0.05, 0) is 45.2 Å². The van der Waals surface area contributed by atoms with E-state index in [0.717, 1.165) is 35.7 Å². The number of nitrogens with one attached hydrogen (secondary N) is 1. The van der Waals surface area contributed by atoms with E-state index in [4.69, 9.17) is 10.5 Å². The third-order valence-corrected chi connectivity index (χ3v) is 4.67. The van der Waals surface area contributed by atoms with Crippen molar-refractivity contribution < 1.29 is 4.74 Å². The summed E-state index contributed by atoms with van der Waals surface area (Å²) >= 11 is 0. The van der Waals surface area contributed by atoms with Crippen LogP contribution >= 0.6 is 0 Å². The van der Waals surface area contributed by atoms with E-state index < -0.39 is 0 Å². The monoisotopic (exact) mass is 371 g/mol. The summed E-state index contributed by atoms with van der Waals surface area (Å²) in [6.07, 6.45) is 6.75. The van der Waals surface area contributed by atoms with Crippen LogP contribution in [0.15, 0.2) is 23.3 Å². The van der Waals surface area contributed by atoms with Gasteiger partial charge < -0.3 is 20.7 Å². The molecule has 1 aliphatic rings. The van der Waals surface area contributed by atoms with Crippen LogP contribution in [0.3, 0.4) is 0 Å². The minimum Gasteiger partial charge on any atom is -0.404 e. The van der Waals surface area contributed by atoms with Crippen LogP contribution in [0.1, 0.15) is 38.7 Å². The first kappa shape index (κ1) is 19.2. The van der Waals surface area contributed by atoms with E-state index in [0.29, 0.717) is 12.6 Å². The average molecular weight is 371 g/mol. The highest BCUT2D eigenvalue weighted by Crippen LogP contribution is 2.30. The number of allylic oxidation sites excluding steroid dienone is 1. The van der Waals surface area contributed by atoms with E-state index in [1.54, 1.807) is 12.4 Å². The van der Waals surface area contributed by atoms with Crippen molar-refractivity contribution in [2.24, 2.45) is 10.7 Å². The number of nitrogens with two attached hydrogens (primary N) is 1. The second-order valence-corrected chi connectivity index (χ2v) is 6.53. The van der Waals surface area contributed by atoms with Gasteiger partial charge in [-0.2, -0.15) is 9.50 Å². The molecular weight excluding hydrogens is 342 g/mol. The van der Waals surface area contributed by atoms with Crippen LogP contribution < -0.4 is 16.0 Å². The highest BCUT2D eigenvalue weighted by Gasteiger charge is 2.21. The number of ether oxygens (including phenoxy) is 1. The van der Waals surface area contributed by atoms with Crippen molar-refractivity contribution in [2.75, 3.05) is 37.0 Å². The zero-order chi connectivity index (χ0) is 19.2. The van der Waals surface area contributed by atoms with Gasteiger partial charge in [-0.25, -0.2) is 0 Å². The summed E-state index contributed by atoms with van der Waals surface area (Å²) in [6.45, 7) is 6.48. The molecule has 0 saturated carbocycles. The minimum atomic E-state index is -0.214. The fourth-order valence-electron chi connectivity index (χ4n) is 3.35. The van der Waals surface area contributed by atoms with Gasteiger partial charge in [-0.3, -0.25) is 4.99 Å². The smallest absolute Gasteiger partial charge is 0.242 e. The number of nitrogens with zero attached hydrogens (tertiary/aromatic N) is 5. The van der Waals surface area contributed by atoms with Crippen LogP contribution in [0.5, 0.6) is 0 Å². The summed E-state index contributed by atoms with van der Waals surface area (Å²) in [6, 6.07) is 4.00. The van der Waals surface area contributed by atoms with E-state index in [9.17, 15) is 0 Å². The van der Waals surface area contributed by atoms with Gasteiger partial charge in [-0.1, -0.05) is 0 Å². The summed E-state index contributed by atoms with van der Waals surface area (Å²) in [4.78, 5) is 11.4. The molecule has 3 heterocycles. The molecule has 0 aliphatic carbocycles. The van der Waals surface area contributed by atoms with Gasteiger partial charge in [0.25, 0.3) is 0 Å². The van der Waals surface area contributed by atoms with Gasteiger partial charge >= 0.3 is 0 Å². The summed E-state index contributed by atoms with van der Waals surface area (Å²) in [5.41, 5.74) is 8.60. The molecule has 0 spiro atoms. The first-order valence-corrected chi connectivity index (χ1v) is 9.57. The zero-order valence-electron chi connectivity index (χ0n) is 16.4. The van der Waals surface area contributed by atoms with Crippen LogP contribution in [0.4, 0.5) is 11.8 Å². The standard InChI is InChI=1S/C19H29N7O/c1-4-27-14(2)22-13-15(12-20)16-8-9-17-23-19(21-3)24-26(17)18(16)25-10-6-5-7-11-25/h8-9,12-14H,4-7,10-11,20H2,1-3H3,(H,21,24). The average Bonchev–Trinajstić information content (AvgIpc) is 3.12. The van der Waals surface area contributed by atoms with Gasteiger partial charge in [0, 0.05) is 50.3 Å². The molecule has 27 heavy (non-hydrogen) atoms. The number of aromatic nitrogens is 3. The number of rotatable bonds is 7. The lowest BCUT2D eigenvalue weighted by molar-refractivity contribution is 0.0836. The third kappa shape index (κ3) is 4.21.